The molecule has 0 aliphatic heterocycles. The number of amides is 2. The molecule has 0 heterocycles. The van der Waals surface area contributed by atoms with E-state index < -0.39 is 5.97 Å². The Hall–Kier alpha value is -1.30. The normalized spacial score (nSPS) is 24.2. The van der Waals surface area contributed by atoms with E-state index in [1.54, 1.807) is 0 Å². The third kappa shape index (κ3) is 5.92. The van der Waals surface area contributed by atoms with Gasteiger partial charge in [-0.1, -0.05) is 0 Å². The Bertz CT molecular complexity index is 320. The largest absolute Gasteiger partial charge is 0.481 e. The van der Waals surface area contributed by atoms with Crippen LogP contribution in [-0.4, -0.2) is 54.7 Å². The highest BCUT2D eigenvalue weighted by Gasteiger charge is 2.30. The molecule has 0 aromatic rings. The lowest BCUT2D eigenvalue weighted by molar-refractivity contribution is -0.141. The van der Waals surface area contributed by atoms with Gasteiger partial charge in [0, 0.05) is 12.1 Å². The number of urea groups is 1. The molecular formula is C13H25N3O3. The molecular weight excluding hydrogens is 246 g/mol. The van der Waals surface area contributed by atoms with Crippen molar-refractivity contribution in [2.75, 3.05) is 20.6 Å². The summed E-state index contributed by atoms with van der Waals surface area (Å²) in [5.41, 5.74) is 0. The summed E-state index contributed by atoms with van der Waals surface area (Å²) in [6, 6.07) is -0.0940. The van der Waals surface area contributed by atoms with Crippen LogP contribution in [0.2, 0.25) is 0 Å². The Balaban J connectivity index is 2.23. The zero-order valence-corrected chi connectivity index (χ0v) is 12.0. The maximum Gasteiger partial charge on any atom is 0.315 e. The predicted octanol–water partition coefficient (Wildman–Crippen LogP) is 0.879. The van der Waals surface area contributed by atoms with Crippen LogP contribution >= 0.6 is 0 Å². The molecule has 0 radical (unpaired) electrons. The van der Waals surface area contributed by atoms with Crippen LogP contribution in [0, 0.1) is 5.92 Å². The van der Waals surface area contributed by atoms with Crippen molar-refractivity contribution in [3.63, 3.8) is 0 Å². The predicted molar refractivity (Wildman–Crippen MR) is 73.1 cm³/mol. The van der Waals surface area contributed by atoms with Crippen molar-refractivity contribution in [2.24, 2.45) is 5.92 Å². The van der Waals surface area contributed by atoms with Crippen LogP contribution in [0.5, 0.6) is 0 Å². The summed E-state index contributed by atoms with van der Waals surface area (Å²) in [5.74, 6) is -1.07. The summed E-state index contributed by atoms with van der Waals surface area (Å²) >= 11 is 0. The second-order valence-corrected chi connectivity index (χ2v) is 5.66. The minimum absolute atomic E-state index is 0.0119. The Morgan fingerprint density at radius 1 is 1.37 bits per heavy atom. The molecule has 110 valence electrons. The fourth-order valence-electron chi connectivity index (χ4n) is 2.31. The van der Waals surface area contributed by atoms with Crippen molar-refractivity contribution in [1.82, 2.24) is 15.5 Å². The minimum atomic E-state index is -0.760. The number of hydrogen-bond donors (Lipinski definition) is 3. The molecule has 1 aliphatic carbocycles. The first-order chi connectivity index (χ1) is 8.88. The first-order valence-corrected chi connectivity index (χ1v) is 6.83. The van der Waals surface area contributed by atoms with E-state index in [-0.39, 0.29) is 24.0 Å². The number of aliphatic carboxylic acids is 1. The van der Waals surface area contributed by atoms with Crippen molar-refractivity contribution in [3.8, 4) is 0 Å². The molecule has 1 rings (SSSR count). The maximum absolute atomic E-state index is 11.7. The molecule has 19 heavy (non-hydrogen) atoms. The van der Waals surface area contributed by atoms with Crippen LogP contribution < -0.4 is 10.6 Å². The summed E-state index contributed by atoms with van der Waals surface area (Å²) in [7, 11) is 3.99. The number of nitrogens with zero attached hydrogens (tertiary/aromatic N) is 1. The van der Waals surface area contributed by atoms with Crippen LogP contribution in [-0.2, 0) is 4.79 Å². The molecule has 1 saturated carbocycles. The van der Waals surface area contributed by atoms with Crippen LogP contribution in [0.4, 0.5) is 4.79 Å². The second kappa shape index (κ2) is 7.33. The number of carbonyl (C=O) groups excluding carboxylic acids is 1. The van der Waals surface area contributed by atoms with Crippen molar-refractivity contribution >= 4 is 12.0 Å². The Labute approximate surface area is 114 Å². The fourth-order valence-corrected chi connectivity index (χ4v) is 2.31. The number of hydrogen-bond acceptors (Lipinski definition) is 3. The summed E-state index contributed by atoms with van der Waals surface area (Å²) in [6.07, 6.45) is 2.82. The van der Waals surface area contributed by atoms with Crippen LogP contribution in [0.15, 0.2) is 0 Å². The van der Waals surface area contributed by atoms with Crippen LogP contribution in [0.25, 0.3) is 0 Å². The van der Waals surface area contributed by atoms with E-state index in [9.17, 15) is 9.59 Å². The molecule has 1 fully saturated rings. The van der Waals surface area contributed by atoms with Gasteiger partial charge < -0.3 is 20.6 Å². The molecule has 3 atom stereocenters. The maximum atomic E-state index is 11.7. The molecule has 1 unspecified atom stereocenters. The van der Waals surface area contributed by atoms with Gasteiger partial charge >= 0.3 is 12.0 Å². The third-order valence-corrected chi connectivity index (χ3v) is 3.50. The van der Waals surface area contributed by atoms with E-state index >= 15 is 0 Å². The van der Waals surface area contributed by atoms with Gasteiger partial charge in [-0.15, -0.1) is 0 Å². The summed E-state index contributed by atoms with van der Waals surface area (Å²) in [6.45, 7) is 2.89. The van der Waals surface area contributed by atoms with Crippen molar-refractivity contribution in [2.45, 2.75) is 44.7 Å². The zero-order valence-electron chi connectivity index (χ0n) is 12.0. The highest BCUT2D eigenvalue weighted by Crippen LogP contribution is 2.25. The van der Waals surface area contributed by atoms with E-state index in [0.29, 0.717) is 12.8 Å². The van der Waals surface area contributed by atoms with Crippen molar-refractivity contribution < 1.29 is 14.7 Å². The number of carboxylic acid groups (broad SMARTS) is 1. The van der Waals surface area contributed by atoms with Crippen molar-refractivity contribution in [3.05, 3.63) is 0 Å². The molecule has 2 amide bonds. The fraction of sp³-hybridized carbons (Fsp3) is 0.846. The van der Waals surface area contributed by atoms with E-state index in [0.717, 1.165) is 19.4 Å². The third-order valence-electron chi connectivity index (χ3n) is 3.50. The van der Waals surface area contributed by atoms with Gasteiger partial charge in [0.15, 0.2) is 0 Å². The number of rotatable bonds is 6. The Morgan fingerprint density at radius 3 is 2.58 bits per heavy atom. The van der Waals surface area contributed by atoms with Gasteiger partial charge in [-0.05, 0) is 53.2 Å². The van der Waals surface area contributed by atoms with Gasteiger partial charge in [-0.2, -0.15) is 0 Å². The Kier molecular flexibility index (Phi) is 6.08. The lowest BCUT2D eigenvalue weighted by atomic mass is 10.1. The molecule has 0 aromatic carbocycles. The lowest BCUT2D eigenvalue weighted by Gasteiger charge is -2.19. The van der Waals surface area contributed by atoms with Gasteiger partial charge in [0.05, 0.1) is 5.92 Å². The first kappa shape index (κ1) is 15.8. The van der Waals surface area contributed by atoms with Gasteiger partial charge in [-0.25, -0.2) is 4.79 Å². The highest BCUT2D eigenvalue weighted by molar-refractivity contribution is 5.75. The topological polar surface area (TPSA) is 81.7 Å². The van der Waals surface area contributed by atoms with Gasteiger partial charge in [-0.3, -0.25) is 4.79 Å². The molecule has 6 heteroatoms. The SMILES string of the molecule is CC(CCN(C)C)NC(=O)N[C@H]1CC[C@@H](C(=O)O)C1. The highest BCUT2D eigenvalue weighted by atomic mass is 16.4. The van der Waals surface area contributed by atoms with Crippen LogP contribution in [0.3, 0.4) is 0 Å². The summed E-state index contributed by atoms with van der Waals surface area (Å²) < 4.78 is 0. The van der Waals surface area contributed by atoms with E-state index in [2.05, 4.69) is 15.5 Å². The molecule has 0 aromatic heterocycles. The molecule has 0 bridgehead atoms. The summed E-state index contributed by atoms with van der Waals surface area (Å²) in [4.78, 5) is 24.6. The van der Waals surface area contributed by atoms with Gasteiger partial charge in [0.1, 0.15) is 0 Å². The zero-order chi connectivity index (χ0) is 14.4. The number of carbonyl (C=O) groups is 2. The first-order valence-electron chi connectivity index (χ1n) is 6.83. The average Bonchev–Trinajstić information content (AvgIpc) is 2.74. The smallest absolute Gasteiger partial charge is 0.315 e. The van der Waals surface area contributed by atoms with Crippen LogP contribution in [0.1, 0.15) is 32.6 Å². The van der Waals surface area contributed by atoms with E-state index in [1.807, 2.05) is 21.0 Å². The Morgan fingerprint density at radius 2 is 2.05 bits per heavy atom. The monoisotopic (exact) mass is 271 g/mol. The molecule has 1 aliphatic rings. The lowest BCUT2D eigenvalue weighted by Crippen LogP contribution is -2.45. The average molecular weight is 271 g/mol. The van der Waals surface area contributed by atoms with E-state index in [1.165, 1.54) is 0 Å². The molecule has 0 spiro atoms. The second-order valence-electron chi connectivity index (χ2n) is 5.66. The molecule has 3 N–H and O–H groups in total. The summed E-state index contributed by atoms with van der Waals surface area (Å²) in [5, 5.41) is 14.6. The molecule has 6 nitrogen and oxygen atoms in total. The number of carboxylic acids is 1. The quantitative estimate of drug-likeness (QED) is 0.670. The minimum Gasteiger partial charge on any atom is -0.481 e. The van der Waals surface area contributed by atoms with Gasteiger partial charge in [0.25, 0.3) is 0 Å². The molecule has 0 saturated heterocycles. The van der Waals surface area contributed by atoms with E-state index in [4.69, 9.17) is 5.11 Å². The number of nitrogens with one attached hydrogen (secondary N) is 2. The van der Waals surface area contributed by atoms with Crippen molar-refractivity contribution in [1.29, 1.82) is 0 Å². The van der Waals surface area contributed by atoms with Gasteiger partial charge in [0.2, 0.25) is 0 Å². The standard InChI is InChI=1S/C13H25N3O3/c1-9(6-7-16(2)3)14-13(19)15-11-5-4-10(8-11)12(17)18/h9-11H,4-8H2,1-3H3,(H,17,18)(H2,14,15,19)/t9?,10-,11+/m1/s1.